The highest BCUT2D eigenvalue weighted by Gasteiger charge is 2.10. The van der Waals surface area contributed by atoms with Crippen molar-refractivity contribution in [1.29, 1.82) is 0 Å². The van der Waals surface area contributed by atoms with Crippen LogP contribution < -0.4 is 14.8 Å². The highest BCUT2D eigenvalue weighted by molar-refractivity contribution is 5.70. The summed E-state index contributed by atoms with van der Waals surface area (Å²) in [4.78, 5) is 9.02. The zero-order chi connectivity index (χ0) is 18.5. The van der Waals surface area contributed by atoms with E-state index >= 15 is 0 Å². The van der Waals surface area contributed by atoms with Crippen LogP contribution in [0, 0.1) is 13.8 Å². The third kappa shape index (κ3) is 3.94. The van der Waals surface area contributed by atoms with E-state index in [4.69, 9.17) is 9.47 Å². The van der Waals surface area contributed by atoms with Crippen molar-refractivity contribution < 1.29 is 9.47 Å². The van der Waals surface area contributed by atoms with Crippen molar-refractivity contribution in [2.24, 2.45) is 0 Å². The third-order valence-corrected chi connectivity index (χ3v) is 4.02. The lowest BCUT2D eigenvalue weighted by atomic mass is 10.0. The molecule has 1 aromatic carbocycles. The van der Waals surface area contributed by atoms with E-state index in [9.17, 15) is 0 Å². The van der Waals surface area contributed by atoms with Gasteiger partial charge < -0.3 is 14.8 Å². The highest BCUT2D eigenvalue weighted by Crippen LogP contribution is 2.32. The summed E-state index contributed by atoms with van der Waals surface area (Å²) in [6.45, 7) is 6.50. The maximum atomic E-state index is 5.80. The number of benzene rings is 1. The Labute approximate surface area is 154 Å². The number of hydrogen-bond acceptors (Lipinski definition) is 5. The fourth-order valence-corrected chi connectivity index (χ4v) is 2.75. The van der Waals surface area contributed by atoms with Crippen molar-refractivity contribution >= 4 is 11.6 Å². The molecule has 2 aromatic heterocycles. The lowest BCUT2D eigenvalue weighted by Gasteiger charge is -2.13. The smallest absolute Gasteiger partial charge is 0.174 e. The van der Waals surface area contributed by atoms with E-state index in [1.807, 2.05) is 63.4 Å². The maximum absolute atomic E-state index is 5.80. The largest absolute Gasteiger partial charge is 0.496 e. The molecular weight excluding hydrogens is 326 g/mol. The van der Waals surface area contributed by atoms with Crippen molar-refractivity contribution in [3.8, 4) is 22.6 Å². The zero-order valence-corrected chi connectivity index (χ0v) is 15.5. The van der Waals surface area contributed by atoms with Gasteiger partial charge in [0.05, 0.1) is 13.7 Å². The van der Waals surface area contributed by atoms with Crippen molar-refractivity contribution in [2.45, 2.75) is 20.8 Å². The second kappa shape index (κ2) is 7.87. The Kier molecular flexibility index (Phi) is 5.37. The van der Waals surface area contributed by atoms with E-state index in [1.54, 1.807) is 7.11 Å². The molecule has 26 heavy (non-hydrogen) atoms. The first-order valence-electron chi connectivity index (χ1n) is 8.59. The number of nitrogens with zero attached hydrogens (tertiary/aromatic N) is 2. The van der Waals surface area contributed by atoms with Crippen molar-refractivity contribution in [2.75, 3.05) is 19.0 Å². The van der Waals surface area contributed by atoms with Crippen LogP contribution in [0.2, 0.25) is 0 Å². The zero-order valence-electron chi connectivity index (χ0n) is 15.5. The van der Waals surface area contributed by atoms with Crippen LogP contribution in [0.25, 0.3) is 11.1 Å². The van der Waals surface area contributed by atoms with Crippen molar-refractivity contribution in [3.63, 3.8) is 0 Å². The molecule has 0 saturated carbocycles. The molecular formula is C21H23N3O2. The van der Waals surface area contributed by atoms with Gasteiger partial charge in [0.25, 0.3) is 0 Å². The van der Waals surface area contributed by atoms with Crippen molar-refractivity contribution in [3.05, 3.63) is 59.9 Å². The monoisotopic (exact) mass is 349 g/mol. The van der Waals surface area contributed by atoms with E-state index in [0.717, 1.165) is 34.0 Å². The average molecular weight is 349 g/mol. The Balaban J connectivity index is 1.94. The van der Waals surface area contributed by atoms with Gasteiger partial charge >= 0.3 is 0 Å². The van der Waals surface area contributed by atoms with Gasteiger partial charge in [-0.1, -0.05) is 12.1 Å². The molecule has 0 aliphatic rings. The molecule has 3 rings (SSSR count). The number of nitrogens with one attached hydrogen (secondary N) is 1. The van der Waals surface area contributed by atoms with Crippen LogP contribution >= 0.6 is 0 Å². The third-order valence-electron chi connectivity index (χ3n) is 4.02. The minimum Gasteiger partial charge on any atom is -0.496 e. The van der Waals surface area contributed by atoms with Crippen LogP contribution in [0.15, 0.2) is 48.7 Å². The second-order valence-corrected chi connectivity index (χ2v) is 5.98. The predicted octanol–water partition coefficient (Wildman–Crippen LogP) is 4.91. The number of rotatable bonds is 6. The fourth-order valence-electron chi connectivity index (χ4n) is 2.75. The summed E-state index contributed by atoms with van der Waals surface area (Å²) in [6, 6.07) is 13.9. The molecule has 0 atom stereocenters. The first kappa shape index (κ1) is 17.7. The van der Waals surface area contributed by atoms with Gasteiger partial charge in [0.15, 0.2) is 11.6 Å². The van der Waals surface area contributed by atoms with Gasteiger partial charge in [-0.2, -0.15) is 0 Å². The van der Waals surface area contributed by atoms with Gasteiger partial charge in [-0.15, -0.1) is 0 Å². The Morgan fingerprint density at radius 3 is 2.54 bits per heavy atom. The Bertz CT molecular complexity index is 910. The number of anilines is 2. The number of aromatic nitrogens is 2. The topological polar surface area (TPSA) is 56.3 Å². The number of hydrogen-bond donors (Lipinski definition) is 1. The molecule has 0 spiro atoms. The molecule has 0 aliphatic carbocycles. The van der Waals surface area contributed by atoms with Gasteiger partial charge in [0.2, 0.25) is 0 Å². The standard InChI is InChI=1S/C21H23N3O2/c1-5-26-19-12-17(16-9-10-18(25-4)14(2)11-16)13-22-21(19)24-20-8-6-7-15(3)23-20/h6-13H,5H2,1-4H3,(H,22,23,24). The summed E-state index contributed by atoms with van der Waals surface area (Å²) >= 11 is 0. The molecule has 0 bridgehead atoms. The molecule has 5 heteroatoms. The van der Waals surface area contributed by atoms with Crippen LogP contribution in [0.1, 0.15) is 18.2 Å². The van der Waals surface area contributed by atoms with Crippen LogP contribution in [-0.2, 0) is 0 Å². The van der Waals surface area contributed by atoms with Crippen LogP contribution in [0.3, 0.4) is 0 Å². The lowest BCUT2D eigenvalue weighted by molar-refractivity contribution is 0.341. The number of pyridine rings is 2. The quantitative estimate of drug-likeness (QED) is 0.685. The molecule has 0 aliphatic heterocycles. The molecule has 3 aromatic rings. The van der Waals surface area contributed by atoms with Crippen molar-refractivity contribution in [1.82, 2.24) is 9.97 Å². The van der Waals surface area contributed by atoms with Crippen LogP contribution in [-0.4, -0.2) is 23.7 Å². The van der Waals surface area contributed by atoms with Gasteiger partial charge in [-0.3, -0.25) is 0 Å². The van der Waals surface area contributed by atoms with E-state index in [0.29, 0.717) is 18.2 Å². The Morgan fingerprint density at radius 1 is 1.00 bits per heavy atom. The molecule has 0 unspecified atom stereocenters. The average Bonchev–Trinajstić information content (AvgIpc) is 2.63. The number of ether oxygens (including phenoxy) is 2. The molecule has 0 saturated heterocycles. The van der Waals surface area contributed by atoms with Crippen LogP contribution in [0.4, 0.5) is 11.6 Å². The Hall–Kier alpha value is -3.08. The van der Waals surface area contributed by atoms with Crippen LogP contribution in [0.5, 0.6) is 11.5 Å². The first-order valence-corrected chi connectivity index (χ1v) is 8.59. The second-order valence-electron chi connectivity index (χ2n) is 5.98. The van der Waals surface area contributed by atoms with Gasteiger partial charge in [0.1, 0.15) is 11.6 Å². The normalized spacial score (nSPS) is 10.5. The first-order chi connectivity index (χ1) is 12.6. The molecule has 1 N–H and O–H groups in total. The summed E-state index contributed by atoms with van der Waals surface area (Å²) in [5.41, 5.74) is 4.08. The molecule has 0 fully saturated rings. The van der Waals surface area contributed by atoms with Gasteiger partial charge in [0, 0.05) is 17.5 Å². The number of methoxy groups -OCH3 is 1. The lowest BCUT2D eigenvalue weighted by Crippen LogP contribution is -2.02. The van der Waals surface area contributed by atoms with Gasteiger partial charge in [-0.25, -0.2) is 9.97 Å². The molecule has 0 radical (unpaired) electrons. The molecule has 0 amide bonds. The highest BCUT2D eigenvalue weighted by atomic mass is 16.5. The Morgan fingerprint density at radius 2 is 1.85 bits per heavy atom. The maximum Gasteiger partial charge on any atom is 0.174 e. The van der Waals surface area contributed by atoms with E-state index < -0.39 is 0 Å². The van der Waals surface area contributed by atoms with E-state index in [1.165, 1.54) is 0 Å². The SMILES string of the molecule is CCOc1cc(-c2ccc(OC)c(C)c2)cnc1Nc1cccc(C)n1. The fraction of sp³-hybridized carbons (Fsp3) is 0.238. The predicted molar refractivity (Wildman–Crippen MR) is 104 cm³/mol. The summed E-state index contributed by atoms with van der Waals surface area (Å²) in [5, 5.41) is 3.24. The summed E-state index contributed by atoms with van der Waals surface area (Å²) in [5.74, 6) is 2.96. The van der Waals surface area contributed by atoms with E-state index in [-0.39, 0.29) is 0 Å². The molecule has 5 nitrogen and oxygen atoms in total. The molecule has 134 valence electrons. The summed E-state index contributed by atoms with van der Waals surface area (Å²) in [6.07, 6.45) is 1.84. The minimum atomic E-state index is 0.558. The minimum absolute atomic E-state index is 0.558. The van der Waals surface area contributed by atoms with E-state index in [2.05, 4.69) is 21.4 Å². The van der Waals surface area contributed by atoms with Gasteiger partial charge in [-0.05, 0) is 62.2 Å². The summed E-state index contributed by atoms with van der Waals surface area (Å²) < 4.78 is 11.1. The number of aryl methyl sites for hydroxylation is 2. The summed E-state index contributed by atoms with van der Waals surface area (Å²) in [7, 11) is 1.68. The molecule has 2 heterocycles.